The largest absolute Gasteiger partial charge is 0.481 e. The van der Waals surface area contributed by atoms with Gasteiger partial charge in [0.15, 0.2) is 0 Å². The number of benzene rings is 1. The number of halogens is 1. The Labute approximate surface area is 110 Å². The number of rotatable bonds is 7. The summed E-state index contributed by atoms with van der Waals surface area (Å²) in [5.74, 6) is -0.717. The van der Waals surface area contributed by atoms with Crippen molar-refractivity contribution in [2.24, 2.45) is 0 Å². The minimum absolute atomic E-state index is 0.258. The van der Waals surface area contributed by atoms with Gasteiger partial charge in [-0.1, -0.05) is 28.1 Å². The quantitative estimate of drug-likeness (QED) is 0.759. The van der Waals surface area contributed by atoms with Crippen molar-refractivity contribution in [1.29, 1.82) is 0 Å². The van der Waals surface area contributed by atoms with Gasteiger partial charge in [-0.3, -0.25) is 4.79 Å². The summed E-state index contributed by atoms with van der Waals surface area (Å²) in [5, 5.41) is 11.9. The maximum absolute atomic E-state index is 10.3. The molecule has 0 spiro atoms. The fourth-order valence-electron chi connectivity index (χ4n) is 1.59. The molecule has 17 heavy (non-hydrogen) atoms. The van der Waals surface area contributed by atoms with Crippen molar-refractivity contribution in [3.05, 3.63) is 34.3 Å². The van der Waals surface area contributed by atoms with Gasteiger partial charge in [-0.2, -0.15) is 0 Å². The average Bonchev–Trinajstić information content (AvgIpc) is 2.29. The molecule has 1 rings (SSSR count). The molecule has 0 aliphatic rings. The molecule has 0 heterocycles. The highest BCUT2D eigenvalue weighted by Crippen LogP contribution is 2.16. The van der Waals surface area contributed by atoms with E-state index in [9.17, 15) is 4.79 Å². The summed E-state index contributed by atoms with van der Waals surface area (Å²) in [5.41, 5.74) is 1.24. The number of carboxylic acid groups (broad SMARTS) is 1. The zero-order chi connectivity index (χ0) is 12.7. The van der Waals surface area contributed by atoms with Crippen LogP contribution in [0.3, 0.4) is 0 Å². The lowest BCUT2D eigenvalue weighted by atomic mass is 10.1. The number of aliphatic carboxylic acids is 1. The van der Waals surface area contributed by atoms with Crippen LogP contribution in [-0.4, -0.2) is 17.6 Å². The van der Waals surface area contributed by atoms with E-state index < -0.39 is 5.97 Å². The van der Waals surface area contributed by atoms with Crippen LogP contribution in [0.25, 0.3) is 0 Å². The molecule has 3 nitrogen and oxygen atoms in total. The lowest BCUT2D eigenvalue weighted by Crippen LogP contribution is -2.19. The van der Waals surface area contributed by atoms with Gasteiger partial charge in [0.2, 0.25) is 0 Å². The highest BCUT2D eigenvalue weighted by atomic mass is 79.9. The molecule has 0 fully saturated rings. The van der Waals surface area contributed by atoms with Crippen molar-refractivity contribution in [1.82, 2.24) is 5.32 Å². The van der Waals surface area contributed by atoms with Crippen molar-refractivity contribution in [2.45, 2.75) is 32.2 Å². The monoisotopic (exact) mass is 299 g/mol. The van der Waals surface area contributed by atoms with E-state index in [1.807, 2.05) is 12.1 Å². The van der Waals surface area contributed by atoms with Crippen LogP contribution in [0.1, 0.15) is 37.8 Å². The molecule has 2 N–H and O–H groups in total. The second-order valence-electron chi connectivity index (χ2n) is 4.08. The van der Waals surface area contributed by atoms with Crippen molar-refractivity contribution in [3.63, 3.8) is 0 Å². The van der Waals surface area contributed by atoms with Crippen LogP contribution in [0.4, 0.5) is 0 Å². The average molecular weight is 300 g/mol. The van der Waals surface area contributed by atoms with Gasteiger partial charge in [0.05, 0.1) is 0 Å². The Bertz CT molecular complexity index is 351. The number of hydrogen-bond acceptors (Lipinski definition) is 2. The molecule has 0 saturated heterocycles. The summed E-state index contributed by atoms with van der Waals surface area (Å²) in [4.78, 5) is 10.3. The number of hydrogen-bond donors (Lipinski definition) is 2. The van der Waals surface area contributed by atoms with Crippen LogP contribution in [0, 0.1) is 0 Å². The lowest BCUT2D eigenvalue weighted by molar-refractivity contribution is -0.137. The van der Waals surface area contributed by atoms with Crippen molar-refractivity contribution in [2.75, 3.05) is 6.54 Å². The van der Waals surface area contributed by atoms with Gasteiger partial charge in [-0.05, 0) is 44.0 Å². The standard InChI is InChI=1S/C13H18BrNO2/c1-10(11-5-7-12(14)8-6-11)15-9-3-2-4-13(16)17/h5-8,10,15H,2-4,9H2,1H3,(H,16,17). The Balaban J connectivity index is 2.23. The van der Waals surface area contributed by atoms with Crippen LogP contribution >= 0.6 is 15.9 Å². The molecule has 0 radical (unpaired) electrons. The fraction of sp³-hybridized carbons (Fsp3) is 0.462. The third kappa shape index (κ3) is 5.84. The smallest absolute Gasteiger partial charge is 0.303 e. The van der Waals surface area contributed by atoms with E-state index in [0.29, 0.717) is 6.04 Å². The highest BCUT2D eigenvalue weighted by molar-refractivity contribution is 9.10. The summed E-state index contributed by atoms with van der Waals surface area (Å²) >= 11 is 3.41. The summed E-state index contributed by atoms with van der Waals surface area (Å²) in [6.07, 6.45) is 1.89. The first-order chi connectivity index (χ1) is 8.09. The highest BCUT2D eigenvalue weighted by Gasteiger charge is 2.04. The van der Waals surface area contributed by atoms with Gasteiger partial charge in [-0.15, -0.1) is 0 Å². The first kappa shape index (κ1) is 14.2. The van der Waals surface area contributed by atoms with E-state index in [1.165, 1.54) is 5.56 Å². The molecular formula is C13H18BrNO2. The number of carbonyl (C=O) groups is 1. The minimum atomic E-state index is -0.717. The molecule has 94 valence electrons. The normalized spacial score (nSPS) is 12.4. The first-order valence-electron chi connectivity index (χ1n) is 5.80. The van der Waals surface area contributed by atoms with E-state index in [4.69, 9.17) is 5.11 Å². The Morgan fingerprint density at radius 1 is 1.35 bits per heavy atom. The summed E-state index contributed by atoms with van der Waals surface area (Å²) < 4.78 is 1.08. The van der Waals surface area contributed by atoms with Gasteiger partial charge in [0, 0.05) is 16.9 Å². The summed E-state index contributed by atoms with van der Waals surface area (Å²) in [6, 6.07) is 8.52. The van der Waals surface area contributed by atoms with Crippen LogP contribution in [0.5, 0.6) is 0 Å². The van der Waals surface area contributed by atoms with Crippen molar-refractivity contribution in [3.8, 4) is 0 Å². The Morgan fingerprint density at radius 3 is 2.59 bits per heavy atom. The Kier molecular flexibility index (Phi) is 6.22. The second kappa shape index (κ2) is 7.45. The van der Waals surface area contributed by atoms with Gasteiger partial charge >= 0.3 is 5.97 Å². The zero-order valence-electron chi connectivity index (χ0n) is 9.95. The molecule has 4 heteroatoms. The van der Waals surface area contributed by atoms with E-state index in [-0.39, 0.29) is 6.42 Å². The minimum Gasteiger partial charge on any atom is -0.481 e. The van der Waals surface area contributed by atoms with Gasteiger partial charge in [-0.25, -0.2) is 0 Å². The van der Waals surface area contributed by atoms with E-state index in [0.717, 1.165) is 23.9 Å². The Morgan fingerprint density at radius 2 is 2.00 bits per heavy atom. The molecule has 0 saturated carbocycles. The fourth-order valence-corrected chi connectivity index (χ4v) is 1.85. The van der Waals surface area contributed by atoms with Crippen molar-refractivity contribution < 1.29 is 9.90 Å². The molecule has 0 aliphatic carbocycles. The molecule has 1 atom stereocenters. The zero-order valence-corrected chi connectivity index (χ0v) is 11.5. The predicted octanol–water partition coefficient (Wildman–Crippen LogP) is 3.35. The van der Waals surface area contributed by atoms with Gasteiger partial charge in [0.1, 0.15) is 0 Å². The molecular weight excluding hydrogens is 282 g/mol. The molecule has 0 bridgehead atoms. The van der Waals surface area contributed by atoms with E-state index >= 15 is 0 Å². The van der Waals surface area contributed by atoms with E-state index in [1.54, 1.807) is 0 Å². The SMILES string of the molecule is CC(NCCCCC(=O)O)c1ccc(Br)cc1. The molecule has 0 amide bonds. The molecule has 1 aromatic carbocycles. The van der Waals surface area contributed by atoms with Crippen LogP contribution in [-0.2, 0) is 4.79 Å². The Hall–Kier alpha value is -0.870. The maximum atomic E-state index is 10.3. The van der Waals surface area contributed by atoms with Crippen molar-refractivity contribution >= 4 is 21.9 Å². The van der Waals surface area contributed by atoms with Gasteiger partial charge in [0.25, 0.3) is 0 Å². The number of unbranched alkanes of at least 4 members (excludes halogenated alkanes) is 1. The van der Waals surface area contributed by atoms with E-state index in [2.05, 4.69) is 40.3 Å². The molecule has 1 aromatic rings. The first-order valence-corrected chi connectivity index (χ1v) is 6.59. The third-order valence-corrected chi connectivity index (χ3v) is 3.17. The molecule has 1 unspecified atom stereocenters. The third-order valence-electron chi connectivity index (χ3n) is 2.64. The number of carboxylic acids is 1. The lowest BCUT2D eigenvalue weighted by Gasteiger charge is -2.14. The van der Waals surface area contributed by atoms with Crippen LogP contribution in [0.2, 0.25) is 0 Å². The topological polar surface area (TPSA) is 49.3 Å². The van der Waals surface area contributed by atoms with Crippen LogP contribution in [0.15, 0.2) is 28.7 Å². The van der Waals surface area contributed by atoms with Crippen LogP contribution < -0.4 is 5.32 Å². The summed E-state index contributed by atoms with van der Waals surface area (Å²) in [7, 11) is 0. The maximum Gasteiger partial charge on any atom is 0.303 e. The second-order valence-corrected chi connectivity index (χ2v) is 4.99. The predicted molar refractivity (Wildman–Crippen MR) is 72.0 cm³/mol. The molecule has 0 aliphatic heterocycles. The number of nitrogens with one attached hydrogen (secondary N) is 1. The van der Waals surface area contributed by atoms with Gasteiger partial charge < -0.3 is 10.4 Å². The molecule has 0 aromatic heterocycles. The summed E-state index contributed by atoms with van der Waals surface area (Å²) in [6.45, 7) is 2.96.